The fourth-order valence-electron chi connectivity index (χ4n) is 2.30. The van der Waals surface area contributed by atoms with E-state index in [1.807, 2.05) is 13.8 Å². The summed E-state index contributed by atoms with van der Waals surface area (Å²) in [6, 6.07) is 0. The normalized spacial score (nSPS) is 22.3. The molecule has 1 N–H and O–H groups in total. The van der Waals surface area contributed by atoms with Crippen LogP contribution in [0.5, 0.6) is 0 Å². The Morgan fingerprint density at radius 3 is 2.53 bits per heavy atom. The Bertz CT molecular complexity index is 200. The molecule has 2 unspecified atom stereocenters. The van der Waals surface area contributed by atoms with Gasteiger partial charge in [0.25, 0.3) is 0 Å². The highest BCUT2D eigenvalue weighted by Gasteiger charge is 2.29. The highest BCUT2D eigenvalue weighted by atomic mass is 32.2. The zero-order valence-electron chi connectivity index (χ0n) is 9.74. The third-order valence-corrected chi connectivity index (χ3v) is 4.25. The molecule has 1 saturated carbocycles. The van der Waals surface area contributed by atoms with Crippen LogP contribution in [0.4, 0.5) is 0 Å². The van der Waals surface area contributed by atoms with E-state index in [4.69, 9.17) is 0 Å². The Labute approximate surface area is 96.8 Å². The van der Waals surface area contributed by atoms with Gasteiger partial charge >= 0.3 is 0 Å². The van der Waals surface area contributed by atoms with Crippen molar-refractivity contribution >= 4 is 16.9 Å². The first-order chi connectivity index (χ1) is 7.16. The van der Waals surface area contributed by atoms with E-state index in [-0.39, 0.29) is 11.0 Å². The van der Waals surface area contributed by atoms with Crippen LogP contribution < -0.4 is 0 Å². The lowest BCUT2D eigenvalue weighted by molar-refractivity contribution is -0.118. The molecule has 0 heterocycles. The van der Waals surface area contributed by atoms with Gasteiger partial charge in [0.15, 0.2) is 5.12 Å². The van der Waals surface area contributed by atoms with Crippen molar-refractivity contribution in [2.24, 2.45) is 11.8 Å². The molecule has 1 aliphatic rings. The molecule has 0 amide bonds. The number of carbonyl (C=O) groups is 1. The minimum atomic E-state index is -0.420. The summed E-state index contributed by atoms with van der Waals surface area (Å²) in [5.74, 6) is 0.966. The van der Waals surface area contributed by atoms with Gasteiger partial charge in [-0.3, -0.25) is 4.79 Å². The van der Waals surface area contributed by atoms with Crippen LogP contribution in [0.2, 0.25) is 0 Å². The highest BCUT2D eigenvalue weighted by Crippen LogP contribution is 2.30. The van der Waals surface area contributed by atoms with Crippen LogP contribution >= 0.6 is 11.8 Å². The summed E-state index contributed by atoms with van der Waals surface area (Å²) in [6.45, 7) is 3.84. The molecular weight excluding hydrogens is 208 g/mol. The van der Waals surface area contributed by atoms with Crippen LogP contribution in [0, 0.1) is 11.8 Å². The largest absolute Gasteiger partial charge is 0.392 e. The zero-order valence-corrected chi connectivity index (χ0v) is 10.6. The van der Waals surface area contributed by atoms with E-state index in [0.29, 0.717) is 5.92 Å². The number of aliphatic hydroxyl groups is 1. The maximum absolute atomic E-state index is 11.6. The standard InChI is InChI=1S/C12H22O2S/c1-3-15-12(14)9(2)11(13)10-7-5-4-6-8-10/h9-11,13H,3-8H2,1-2H3. The summed E-state index contributed by atoms with van der Waals surface area (Å²) in [5, 5.41) is 10.3. The van der Waals surface area contributed by atoms with E-state index in [1.165, 1.54) is 31.0 Å². The number of hydrogen-bond acceptors (Lipinski definition) is 3. The highest BCUT2D eigenvalue weighted by molar-refractivity contribution is 8.13. The summed E-state index contributed by atoms with van der Waals surface area (Å²) < 4.78 is 0. The zero-order chi connectivity index (χ0) is 11.3. The van der Waals surface area contributed by atoms with E-state index in [0.717, 1.165) is 18.6 Å². The van der Waals surface area contributed by atoms with E-state index < -0.39 is 6.10 Å². The molecular formula is C12H22O2S. The molecule has 0 aromatic heterocycles. The van der Waals surface area contributed by atoms with Gasteiger partial charge in [-0.25, -0.2) is 0 Å². The van der Waals surface area contributed by atoms with Gasteiger partial charge in [0.1, 0.15) is 0 Å². The lowest BCUT2D eigenvalue weighted by Crippen LogP contribution is -2.32. The smallest absolute Gasteiger partial charge is 0.194 e. The molecule has 0 radical (unpaired) electrons. The molecule has 0 saturated heterocycles. The molecule has 15 heavy (non-hydrogen) atoms. The van der Waals surface area contributed by atoms with Gasteiger partial charge in [0, 0.05) is 0 Å². The second kappa shape index (κ2) is 6.54. The van der Waals surface area contributed by atoms with Crippen LogP contribution in [0.3, 0.4) is 0 Å². The summed E-state index contributed by atoms with van der Waals surface area (Å²) >= 11 is 1.33. The van der Waals surface area contributed by atoms with Gasteiger partial charge in [-0.2, -0.15) is 0 Å². The van der Waals surface area contributed by atoms with Crippen molar-refractivity contribution in [3.8, 4) is 0 Å². The molecule has 2 atom stereocenters. The summed E-state index contributed by atoms with van der Waals surface area (Å²) in [6.07, 6.45) is 5.48. The van der Waals surface area contributed by atoms with Crippen molar-refractivity contribution in [3.05, 3.63) is 0 Å². The van der Waals surface area contributed by atoms with Crippen molar-refractivity contribution in [3.63, 3.8) is 0 Å². The molecule has 0 spiro atoms. The summed E-state index contributed by atoms with van der Waals surface area (Å²) in [7, 11) is 0. The number of carbonyl (C=O) groups excluding carboxylic acids is 1. The molecule has 3 heteroatoms. The van der Waals surface area contributed by atoms with Crippen LogP contribution in [-0.4, -0.2) is 22.1 Å². The quantitative estimate of drug-likeness (QED) is 0.807. The van der Waals surface area contributed by atoms with Crippen molar-refractivity contribution < 1.29 is 9.90 Å². The number of rotatable bonds is 4. The Kier molecular flexibility index (Phi) is 5.69. The average Bonchev–Trinajstić information content (AvgIpc) is 2.28. The molecule has 0 aliphatic heterocycles. The number of aliphatic hydroxyl groups excluding tert-OH is 1. The Morgan fingerprint density at radius 1 is 1.40 bits per heavy atom. The predicted molar refractivity (Wildman–Crippen MR) is 64.9 cm³/mol. The summed E-state index contributed by atoms with van der Waals surface area (Å²) in [4.78, 5) is 11.6. The molecule has 1 aliphatic carbocycles. The van der Waals surface area contributed by atoms with E-state index in [9.17, 15) is 9.90 Å². The number of thioether (sulfide) groups is 1. The molecule has 1 fully saturated rings. The Morgan fingerprint density at radius 2 is 2.00 bits per heavy atom. The van der Waals surface area contributed by atoms with Crippen molar-refractivity contribution in [1.29, 1.82) is 0 Å². The van der Waals surface area contributed by atoms with Crippen LogP contribution in [0.25, 0.3) is 0 Å². The van der Waals surface area contributed by atoms with Gasteiger partial charge in [0.2, 0.25) is 0 Å². The first-order valence-corrected chi connectivity index (χ1v) is 7.00. The average molecular weight is 230 g/mol. The van der Waals surface area contributed by atoms with Gasteiger partial charge in [-0.05, 0) is 24.5 Å². The Hall–Kier alpha value is -0.0200. The number of hydrogen-bond donors (Lipinski definition) is 1. The van der Waals surface area contributed by atoms with Crippen LogP contribution in [0.1, 0.15) is 46.0 Å². The van der Waals surface area contributed by atoms with Crippen LogP contribution in [-0.2, 0) is 4.79 Å². The second-order valence-corrected chi connectivity index (χ2v) is 5.70. The lowest BCUT2D eigenvalue weighted by Gasteiger charge is -2.29. The van der Waals surface area contributed by atoms with E-state index >= 15 is 0 Å². The minimum absolute atomic E-state index is 0.149. The SMILES string of the molecule is CCSC(=O)C(C)C(O)C1CCCCC1. The monoisotopic (exact) mass is 230 g/mol. The topological polar surface area (TPSA) is 37.3 Å². The molecule has 1 rings (SSSR count). The first-order valence-electron chi connectivity index (χ1n) is 6.01. The molecule has 0 aromatic carbocycles. The molecule has 88 valence electrons. The maximum atomic E-state index is 11.6. The third-order valence-electron chi connectivity index (χ3n) is 3.30. The minimum Gasteiger partial charge on any atom is -0.392 e. The van der Waals surface area contributed by atoms with Gasteiger partial charge in [-0.1, -0.05) is 44.9 Å². The van der Waals surface area contributed by atoms with Gasteiger partial charge < -0.3 is 5.11 Å². The van der Waals surface area contributed by atoms with Gasteiger partial charge in [-0.15, -0.1) is 0 Å². The van der Waals surface area contributed by atoms with E-state index in [2.05, 4.69) is 0 Å². The molecule has 0 aromatic rings. The first kappa shape index (κ1) is 13.0. The van der Waals surface area contributed by atoms with Crippen molar-refractivity contribution in [2.45, 2.75) is 52.1 Å². The van der Waals surface area contributed by atoms with Crippen molar-refractivity contribution in [2.75, 3.05) is 5.75 Å². The Balaban J connectivity index is 2.43. The van der Waals surface area contributed by atoms with Crippen molar-refractivity contribution in [1.82, 2.24) is 0 Å². The lowest BCUT2D eigenvalue weighted by atomic mass is 9.81. The van der Waals surface area contributed by atoms with E-state index in [1.54, 1.807) is 0 Å². The fraction of sp³-hybridized carbons (Fsp3) is 0.917. The summed E-state index contributed by atoms with van der Waals surface area (Å²) in [5.41, 5.74) is 0. The molecule has 0 bridgehead atoms. The second-order valence-electron chi connectivity index (χ2n) is 4.43. The molecule has 2 nitrogen and oxygen atoms in total. The van der Waals surface area contributed by atoms with Gasteiger partial charge in [0.05, 0.1) is 12.0 Å². The fourth-order valence-corrected chi connectivity index (χ4v) is 2.98. The maximum Gasteiger partial charge on any atom is 0.194 e. The third kappa shape index (κ3) is 3.80. The predicted octanol–water partition coefficient (Wildman–Crippen LogP) is 2.84. The van der Waals surface area contributed by atoms with Crippen LogP contribution in [0.15, 0.2) is 0 Å².